The molecular formula is C40H26N4. The summed E-state index contributed by atoms with van der Waals surface area (Å²) < 4.78 is 2.34. The Labute approximate surface area is 255 Å². The summed E-state index contributed by atoms with van der Waals surface area (Å²) in [6.07, 6.45) is 1.87. The second kappa shape index (κ2) is 9.79. The van der Waals surface area contributed by atoms with Crippen LogP contribution in [0.15, 0.2) is 158 Å². The van der Waals surface area contributed by atoms with Gasteiger partial charge in [-0.2, -0.15) is 0 Å². The molecular weight excluding hydrogens is 536 g/mol. The number of fused-ring (bicyclic) bond motifs is 8. The summed E-state index contributed by atoms with van der Waals surface area (Å²) in [4.78, 5) is 12.3. The lowest BCUT2D eigenvalue weighted by Crippen LogP contribution is -2.14. The van der Waals surface area contributed by atoms with E-state index in [1.807, 2.05) is 12.3 Å². The monoisotopic (exact) mass is 562 g/mol. The molecule has 9 rings (SSSR count). The minimum atomic E-state index is 0.637. The van der Waals surface area contributed by atoms with Gasteiger partial charge in [-0.05, 0) is 53.6 Å². The number of para-hydroxylation sites is 4. The maximum absolute atomic E-state index is 5.22. The summed E-state index contributed by atoms with van der Waals surface area (Å²) in [6, 6.07) is 53.5. The quantitative estimate of drug-likeness (QED) is 0.215. The Kier molecular flexibility index (Phi) is 5.47. The average molecular weight is 563 g/mol. The van der Waals surface area contributed by atoms with Gasteiger partial charge in [0.25, 0.3) is 0 Å². The van der Waals surface area contributed by atoms with E-state index in [2.05, 4.69) is 155 Å². The van der Waals surface area contributed by atoms with Crippen LogP contribution in [0.1, 0.15) is 0 Å². The molecule has 8 aromatic rings. The number of hydrogen-bond acceptors (Lipinski definition) is 3. The lowest BCUT2D eigenvalue weighted by atomic mass is 9.95. The van der Waals surface area contributed by atoms with Crippen molar-refractivity contribution in [3.8, 4) is 39.2 Å². The molecule has 0 radical (unpaired) electrons. The summed E-state index contributed by atoms with van der Waals surface area (Å²) in [5, 5.41) is 2.50. The molecule has 6 aromatic carbocycles. The SMILES string of the molecule is c1cc(-c2ccnc(N3c4ccccc4-c4ccccc4-c4ccccc43)n2)cc(-n2c3ccccc3c3ccccc32)c1. The van der Waals surface area contributed by atoms with Gasteiger partial charge in [-0.3, -0.25) is 4.90 Å². The van der Waals surface area contributed by atoms with Gasteiger partial charge in [0.15, 0.2) is 0 Å². The average Bonchev–Trinajstić information content (AvgIpc) is 3.37. The highest BCUT2D eigenvalue weighted by atomic mass is 15.3. The summed E-state index contributed by atoms with van der Waals surface area (Å²) in [5.74, 6) is 0.637. The summed E-state index contributed by atoms with van der Waals surface area (Å²) in [5.41, 5.74) is 12.2. The number of hydrogen-bond donors (Lipinski definition) is 0. The predicted molar refractivity (Wildman–Crippen MR) is 181 cm³/mol. The molecule has 0 unspecified atom stereocenters. The fourth-order valence-corrected chi connectivity index (χ4v) is 6.71. The summed E-state index contributed by atoms with van der Waals surface area (Å²) in [6.45, 7) is 0. The van der Waals surface area contributed by atoms with E-state index in [9.17, 15) is 0 Å². The minimum Gasteiger partial charge on any atom is -0.309 e. The van der Waals surface area contributed by atoms with Crippen molar-refractivity contribution in [1.82, 2.24) is 14.5 Å². The Bertz CT molecular complexity index is 2250. The molecule has 0 N–H and O–H groups in total. The van der Waals surface area contributed by atoms with Crippen molar-refractivity contribution in [2.24, 2.45) is 0 Å². The minimum absolute atomic E-state index is 0.637. The van der Waals surface area contributed by atoms with Crippen molar-refractivity contribution in [2.75, 3.05) is 4.90 Å². The molecule has 0 bridgehead atoms. The first kappa shape index (κ1) is 24.6. The van der Waals surface area contributed by atoms with Crippen LogP contribution in [0.2, 0.25) is 0 Å². The number of aromatic nitrogens is 3. The van der Waals surface area contributed by atoms with Crippen molar-refractivity contribution in [3.63, 3.8) is 0 Å². The standard InChI is InChI=1S/C40H26N4/c1-2-15-30-29(14-1)31-16-3-9-22-38(31)44(39-23-10-4-17-32(30)39)40-41-25-24-35(42-40)27-12-11-13-28(26-27)43-36-20-7-5-18-33(36)34-19-6-8-21-37(34)43/h1-26H. The van der Waals surface area contributed by atoms with E-state index < -0.39 is 0 Å². The summed E-state index contributed by atoms with van der Waals surface area (Å²) in [7, 11) is 0. The van der Waals surface area contributed by atoms with Gasteiger partial charge in [0, 0.05) is 39.3 Å². The normalized spacial score (nSPS) is 12.0. The van der Waals surface area contributed by atoms with Crippen LogP contribution in [-0.4, -0.2) is 14.5 Å². The van der Waals surface area contributed by atoms with Crippen molar-refractivity contribution in [2.45, 2.75) is 0 Å². The first-order valence-electron chi connectivity index (χ1n) is 14.9. The van der Waals surface area contributed by atoms with Crippen molar-refractivity contribution in [3.05, 3.63) is 158 Å². The van der Waals surface area contributed by atoms with Gasteiger partial charge in [0.1, 0.15) is 0 Å². The van der Waals surface area contributed by atoms with Gasteiger partial charge in [0.2, 0.25) is 5.95 Å². The molecule has 0 spiro atoms. The molecule has 44 heavy (non-hydrogen) atoms. The molecule has 0 atom stereocenters. The topological polar surface area (TPSA) is 34.0 Å². The lowest BCUT2D eigenvalue weighted by Gasteiger charge is -2.25. The molecule has 206 valence electrons. The molecule has 4 heteroatoms. The Morgan fingerprint density at radius 2 is 1.00 bits per heavy atom. The van der Waals surface area contributed by atoms with Crippen LogP contribution in [0, 0.1) is 0 Å². The molecule has 0 aliphatic carbocycles. The molecule has 4 nitrogen and oxygen atoms in total. The predicted octanol–water partition coefficient (Wildman–Crippen LogP) is 10.4. The van der Waals surface area contributed by atoms with Gasteiger partial charge >= 0.3 is 0 Å². The van der Waals surface area contributed by atoms with E-state index in [-0.39, 0.29) is 0 Å². The smallest absolute Gasteiger partial charge is 0.235 e. The van der Waals surface area contributed by atoms with Gasteiger partial charge in [-0.15, -0.1) is 0 Å². The molecule has 2 aromatic heterocycles. The number of anilines is 3. The maximum Gasteiger partial charge on any atom is 0.235 e. The Morgan fingerprint density at radius 1 is 0.455 bits per heavy atom. The van der Waals surface area contributed by atoms with Crippen LogP contribution >= 0.6 is 0 Å². The highest BCUT2D eigenvalue weighted by Crippen LogP contribution is 2.49. The zero-order valence-electron chi connectivity index (χ0n) is 23.8. The van der Waals surface area contributed by atoms with Crippen LogP contribution < -0.4 is 4.90 Å². The maximum atomic E-state index is 5.22. The first-order valence-corrected chi connectivity index (χ1v) is 14.9. The highest BCUT2D eigenvalue weighted by Gasteiger charge is 2.27. The number of benzene rings is 6. The van der Waals surface area contributed by atoms with E-state index in [1.54, 1.807) is 0 Å². The van der Waals surface area contributed by atoms with E-state index in [0.29, 0.717) is 5.95 Å². The molecule has 3 heterocycles. The molecule has 0 fully saturated rings. The third-order valence-electron chi connectivity index (χ3n) is 8.62. The third-order valence-corrected chi connectivity index (χ3v) is 8.62. The number of rotatable bonds is 3. The Morgan fingerprint density at radius 3 is 1.64 bits per heavy atom. The van der Waals surface area contributed by atoms with Crippen LogP contribution in [0.4, 0.5) is 17.3 Å². The van der Waals surface area contributed by atoms with E-state index in [1.165, 1.54) is 32.9 Å². The molecule has 0 saturated carbocycles. The van der Waals surface area contributed by atoms with E-state index >= 15 is 0 Å². The van der Waals surface area contributed by atoms with Crippen molar-refractivity contribution < 1.29 is 0 Å². The molecule has 1 aliphatic rings. The van der Waals surface area contributed by atoms with Crippen LogP contribution in [0.5, 0.6) is 0 Å². The molecule has 0 saturated heterocycles. The number of nitrogens with zero attached hydrogens (tertiary/aromatic N) is 4. The third kappa shape index (κ3) is 3.71. The molecule has 0 amide bonds. The second-order valence-electron chi connectivity index (χ2n) is 11.1. The van der Waals surface area contributed by atoms with Gasteiger partial charge in [-0.1, -0.05) is 109 Å². The van der Waals surface area contributed by atoms with Gasteiger partial charge < -0.3 is 4.57 Å². The lowest BCUT2D eigenvalue weighted by molar-refractivity contribution is 1.08. The Balaban J connectivity index is 1.22. The zero-order chi connectivity index (χ0) is 29.0. The fraction of sp³-hybridized carbons (Fsp3) is 0. The molecule has 1 aliphatic heterocycles. The second-order valence-corrected chi connectivity index (χ2v) is 11.1. The Hall–Kier alpha value is -6.00. The van der Waals surface area contributed by atoms with Crippen LogP contribution in [0.25, 0.3) is 61.0 Å². The zero-order valence-corrected chi connectivity index (χ0v) is 23.8. The van der Waals surface area contributed by atoms with Crippen LogP contribution in [0.3, 0.4) is 0 Å². The van der Waals surface area contributed by atoms with Gasteiger partial charge in [0.05, 0.1) is 28.1 Å². The fourth-order valence-electron chi connectivity index (χ4n) is 6.71. The van der Waals surface area contributed by atoms with Crippen molar-refractivity contribution in [1.29, 1.82) is 0 Å². The van der Waals surface area contributed by atoms with Gasteiger partial charge in [-0.25, -0.2) is 9.97 Å². The highest BCUT2D eigenvalue weighted by molar-refractivity contribution is 6.09. The van der Waals surface area contributed by atoms with E-state index in [4.69, 9.17) is 9.97 Å². The largest absolute Gasteiger partial charge is 0.309 e. The first-order chi connectivity index (χ1) is 21.8. The van der Waals surface area contributed by atoms with E-state index in [0.717, 1.165) is 39.4 Å². The summed E-state index contributed by atoms with van der Waals surface area (Å²) >= 11 is 0. The van der Waals surface area contributed by atoms with Crippen LogP contribution in [-0.2, 0) is 0 Å². The van der Waals surface area contributed by atoms with Crippen molar-refractivity contribution >= 4 is 39.1 Å².